The average molecular weight is 203 g/mol. The van der Waals surface area contributed by atoms with Crippen LogP contribution in [-0.2, 0) is 9.53 Å². The van der Waals surface area contributed by atoms with Crippen LogP contribution in [0.5, 0.6) is 0 Å². The van der Waals surface area contributed by atoms with Crippen LogP contribution in [0.4, 0.5) is 4.79 Å². The van der Waals surface area contributed by atoms with Crippen LogP contribution in [-0.4, -0.2) is 17.6 Å². The van der Waals surface area contributed by atoms with Crippen molar-refractivity contribution in [2.75, 3.05) is 0 Å². The highest BCUT2D eigenvalue weighted by Gasteiger charge is 2.27. The van der Waals surface area contributed by atoms with Gasteiger partial charge in [-0.15, -0.1) is 0 Å². The Morgan fingerprint density at radius 1 is 1.20 bits per heavy atom. The highest BCUT2D eigenvalue weighted by atomic mass is 16.6. The van der Waals surface area contributed by atoms with Crippen LogP contribution in [0.3, 0.4) is 0 Å². The molecule has 0 bridgehead atoms. The Morgan fingerprint density at radius 2 is 1.87 bits per heavy atom. The molecule has 0 radical (unpaired) electrons. The maximum absolute atomic E-state index is 10.9. The Labute approximate surface area is 86.6 Å². The summed E-state index contributed by atoms with van der Waals surface area (Å²) in [4.78, 5) is 24.8. The van der Waals surface area contributed by atoms with Crippen LogP contribution in [0.25, 0.3) is 0 Å². The van der Waals surface area contributed by atoms with Crippen molar-refractivity contribution in [3.05, 3.63) is 36.1 Å². The molecule has 1 aliphatic heterocycles. The van der Waals surface area contributed by atoms with Gasteiger partial charge in [-0.2, -0.15) is 4.99 Å². The van der Waals surface area contributed by atoms with Gasteiger partial charge in [0.25, 0.3) is 0 Å². The van der Waals surface area contributed by atoms with Crippen molar-refractivity contribution >= 4 is 17.6 Å². The van der Waals surface area contributed by atoms with E-state index in [0.29, 0.717) is 0 Å². The van der Waals surface area contributed by atoms with Crippen molar-refractivity contribution < 1.29 is 14.3 Å². The monoisotopic (exact) mass is 203 g/mol. The first-order valence-corrected chi connectivity index (χ1v) is 4.66. The smallest absolute Gasteiger partial charge is 0.406 e. The van der Waals surface area contributed by atoms with E-state index in [9.17, 15) is 9.59 Å². The third-order valence-electron chi connectivity index (χ3n) is 2.03. The van der Waals surface area contributed by atoms with Crippen molar-refractivity contribution in [2.24, 2.45) is 4.99 Å². The Balaban J connectivity index is 0.000000179. The fourth-order valence-corrected chi connectivity index (χ4v) is 1.07. The molecule has 15 heavy (non-hydrogen) atoms. The van der Waals surface area contributed by atoms with Gasteiger partial charge in [-0.3, -0.25) is 4.79 Å². The van der Waals surface area contributed by atoms with Crippen LogP contribution >= 0.6 is 0 Å². The van der Waals surface area contributed by atoms with Gasteiger partial charge in [0.2, 0.25) is 5.78 Å². The molecular formula is C11H9NO3. The van der Waals surface area contributed by atoms with E-state index in [4.69, 9.17) is 0 Å². The topological polar surface area (TPSA) is 55.7 Å². The zero-order chi connectivity index (χ0) is 10.7. The summed E-state index contributed by atoms with van der Waals surface area (Å²) in [5.74, 6) is -0.0316. The maximum atomic E-state index is 10.9. The highest BCUT2D eigenvalue weighted by Crippen LogP contribution is 2.15. The normalized spacial score (nSPS) is 20.5. The van der Waals surface area contributed by atoms with Gasteiger partial charge in [0.05, 0.1) is 0 Å². The number of aliphatic imine (C=N–C) groups is 1. The summed E-state index contributed by atoms with van der Waals surface area (Å²) in [6.45, 7) is 0. The van der Waals surface area contributed by atoms with Crippen LogP contribution in [0.1, 0.15) is 12.8 Å². The third-order valence-corrected chi connectivity index (χ3v) is 2.03. The summed E-state index contributed by atoms with van der Waals surface area (Å²) in [7, 11) is 0. The first-order chi connectivity index (χ1) is 7.27. The number of rotatable bonds is 0. The van der Waals surface area contributed by atoms with E-state index in [1.54, 1.807) is 0 Å². The highest BCUT2D eigenvalue weighted by molar-refractivity contribution is 6.52. The first kappa shape index (κ1) is 9.58. The van der Waals surface area contributed by atoms with Gasteiger partial charge in [-0.1, -0.05) is 18.2 Å². The zero-order valence-corrected chi connectivity index (χ0v) is 7.97. The maximum Gasteiger partial charge on any atom is 0.439 e. The molecule has 0 aromatic carbocycles. The molecule has 76 valence electrons. The quantitative estimate of drug-likeness (QED) is 0.446. The number of carbonyl (C=O) groups is 2. The van der Waals surface area contributed by atoms with Crippen molar-refractivity contribution in [1.29, 1.82) is 0 Å². The van der Waals surface area contributed by atoms with Gasteiger partial charge in [-0.05, 0) is 25.0 Å². The van der Waals surface area contributed by atoms with Crippen molar-refractivity contribution in [3.8, 4) is 0 Å². The molecule has 0 N–H and O–H groups in total. The SMILES string of the molecule is C1=CCC1.O=C1N=C2C(=O)C=CC=C2O1. The van der Waals surface area contributed by atoms with Crippen molar-refractivity contribution in [2.45, 2.75) is 12.8 Å². The summed E-state index contributed by atoms with van der Waals surface area (Å²) in [6, 6.07) is 0. The molecule has 1 heterocycles. The standard InChI is InChI=1S/C7H3NO3.C4H6/c9-4-2-1-3-5-6(4)8-7(10)11-5;1-2-4-3-1/h1-3H;1-2H,3-4H2. The van der Waals surface area contributed by atoms with Crippen LogP contribution in [0.15, 0.2) is 41.1 Å². The molecule has 0 saturated heterocycles. The Morgan fingerprint density at radius 3 is 2.40 bits per heavy atom. The molecule has 2 aliphatic carbocycles. The second-order valence-electron chi connectivity index (χ2n) is 3.13. The Kier molecular flexibility index (Phi) is 2.58. The van der Waals surface area contributed by atoms with Crippen LogP contribution in [0, 0.1) is 0 Å². The summed E-state index contributed by atoms with van der Waals surface area (Å²) in [6.07, 6.45) is 10.7. The van der Waals surface area contributed by atoms with E-state index in [-0.39, 0.29) is 17.3 Å². The number of hydrogen-bond donors (Lipinski definition) is 0. The minimum atomic E-state index is -0.719. The van der Waals surface area contributed by atoms with Crippen LogP contribution in [0.2, 0.25) is 0 Å². The number of nitrogens with zero attached hydrogens (tertiary/aromatic N) is 1. The molecule has 3 rings (SSSR count). The lowest BCUT2D eigenvalue weighted by atomic mass is 10.1. The van der Waals surface area contributed by atoms with Gasteiger partial charge >= 0.3 is 6.09 Å². The van der Waals surface area contributed by atoms with Gasteiger partial charge in [0.1, 0.15) is 0 Å². The summed E-state index contributed by atoms with van der Waals surface area (Å²) in [5, 5.41) is 0. The minimum absolute atomic E-state index is 0.109. The Hall–Kier alpha value is -1.97. The van der Waals surface area contributed by atoms with E-state index in [1.807, 2.05) is 0 Å². The number of amides is 1. The molecule has 4 nitrogen and oxygen atoms in total. The summed E-state index contributed by atoms with van der Waals surface area (Å²) >= 11 is 0. The molecule has 1 amide bonds. The summed E-state index contributed by atoms with van der Waals surface area (Å²) < 4.78 is 4.58. The second-order valence-corrected chi connectivity index (χ2v) is 3.13. The number of ether oxygens (including phenoxy) is 1. The second kappa shape index (κ2) is 4.04. The lowest BCUT2D eigenvalue weighted by Gasteiger charge is -1.99. The van der Waals surface area contributed by atoms with Crippen molar-refractivity contribution in [3.63, 3.8) is 0 Å². The van der Waals surface area contributed by atoms with Gasteiger partial charge < -0.3 is 4.74 Å². The number of hydrogen-bond acceptors (Lipinski definition) is 3. The van der Waals surface area contributed by atoms with E-state index in [2.05, 4.69) is 21.9 Å². The molecule has 3 aliphatic rings. The minimum Gasteiger partial charge on any atom is -0.406 e. The summed E-state index contributed by atoms with van der Waals surface area (Å²) in [5.41, 5.74) is 0.109. The molecule has 0 aromatic rings. The lowest BCUT2D eigenvalue weighted by Crippen LogP contribution is -2.13. The van der Waals surface area contributed by atoms with E-state index >= 15 is 0 Å². The molecule has 0 fully saturated rings. The molecule has 0 aromatic heterocycles. The lowest BCUT2D eigenvalue weighted by molar-refractivity contribution is -0.108. The molecule has 4 heteroatoms. The predicted octanol–water partition coefficient (Wildman–Crippen LogP) is 1.94. The fraction of sp³-hybridized carbons (Fsp3) is 0.182. The predicted molar refractivity (Wildman–Crippen MR) is 54.5 cm³/mol. The number of carbonyl (C=O) groups excluding carboxylic acids is 2. The molecule has 0 spiro atoms. The Bertz CT molecular complexity index is 421. The largest absolute Gasteiger partial charge is 0.439 e. The molecule has 0 unspecified atom stereocenters. The van der Waals surface area contributed by atoms with Gasteiger partial charge in [0, 0.05) is 0 Å². The number of allylic oxidation sites excluding steroid dienone is 6. The first-order valence-electron chi connectivity index (χ1n) is 4.66. The fourth-order valence-electron chi connectivity index (χ4n) is 1.07. The van der Waals surface area contributed by atoms with E-state index < -0.39 is 6.09 Å². The number of fused-ring (bicyclic) bond motifs is 1. The third kappa shape index (κ3) is 2.10. The number of ketones is 1. The molecule has 0 saturated carbocycles. The van der Waals surface area contributed by atoms with Crippen LogP contribution < -0.4 is 0 Å². The van der Waals surface area contributed by atoms with E-state index in [0.717, 1.165) is 0 Å². The average Bonchev–Trinajstić information content (AvgIpc) is 2.44. The van der Waals surface area contributed by atoms with Gasteiger partial charge in [-0.25, -0.2) is 4.79 Å². The van der Waals surface area contributed by atoms with E-state index in [1.165, 1.54) is 31.1 Å². The van der Waals surface area contributed by atoms with Gasteiger partial charge in [0.15, 0.2) is 11.5 Å². The molecular weight excluding hydrogens is 194 g/mol. The zero-order valence-electron chi connectivity index (χ0n) is 7.97. The van der Waals surface area contributed by atoms with Crippen molar-refractivity contribution in [1.82, 2.24) is 0 Å². The molecule has 0 atom stereocenters.